The van der Waals surface area contributed by atoms with Crippen LogP contribution in [0.1, 0.15) is 35.8 Å². The molecule has 1 atom stereocenters. The smallest absolute Gasteiger partial charge is 0.342 e. The summed E-state index contributed by atoms with van der Waals surface area (Å²) in [4.78, 5) is 35.5. The van der Waals surface area contributed by atoms with Crippen LogP contribution in [0.15, 0.2) is 15.8 Å². The first kappa shape index (κ1) is 11.6. The summed E-state index contributed by atoms with van der Waals surface area (Å²) in [6.07, 6.45) is 3.00. The molecule has 0 aliphatic carbocycles. The number of rotatable bonds is 2. The molecule has 1 fully saturated rings. The molecule has 7 heteroatoms. The molecule has 92 valence electrons. The maximum atomic E-state index is 11.5. The second-order valence-corrected chi connectivity index (χ2v) is 3.84. The molecule has 0 amide bonds. The fourth-order valence-corrected chi connectivity index (χ4v) is 1.79. The van der Waals surface area contributed by atoms with Crippen molar-refractivity contribution in [3.05, 3.63) is 32.6 Å². The van der Waals surface area contributed by atoms with Gasteiger partial charge in [-0.15, -0.1) is 0 Å². The molecule has 1 saturated heterocycles. The van der Waals surface area contributed by atoms with Crippen molar-refractivity contribution in [1.29, 1.82) is 0 Å². The minimum Gasteiger partial charge on any atom is -0.477 e. The van der Waals surface area contributed by atoms with Crippen LogP contribution in [0.3, 0.4) is 0 Å². The monoisotopic (exact) mass is 240 g/mol. The van der Waals surface area contributed by atoms with Gasteiger partial charge in [-0.1, -0.05) is 0 Å². The summed E-state index contributed by atoms with van der Waals surface area (Å²) < 4.78 is 6.50. The highest BCUT2D eigenvalue weighted by atomic mass is 16.5. The zero-order valence-electron chi connectivity index (χ0n) is 9.01. The lowest BCUT2D eigenvalue weighted by atomic mass is 10.2. The van der Waals surface area contributed by atoms with E-state index in [9.17, 15) is 14.4 Å². The minimum absolute atomic E-state index is 0.459. The quantitative estimate of drug-likeness (QED) is 0.753. The molecule has 1 aromatic rings. The van der Waals surface area contributed by atoms with E-state index in [-0.39, 0.29) is 0 Å². The van der Waals surface area contributed by atoms with E-state index in [1.165, 1.54) is 0 Å². The zero-order valence-corrected chi connectivity index (χ0v) is 9.01. The first-order valence-corrected chi connectivity index (χ1v) is 5.30. The zero-order chi connectivity index (χ0) is 12.4. The van der Waals surface area contributed by atoms with Crippen LogP contribution in [0, 0.1) is 0 Å². The summed E-state index contributed by atoms with van der Waals surface area (Å²) >= 11 is 0. The highest BCUT2D eigenvalue weighted by Gasteiger charge is 2.20. The van der Waals surface area contributed by atoms with E-state index in [4.69, 9.17) is 9.84 Å². The highest BCUT2D eigenvalue weighted by molar-refractivity contribution is 5.86. The number of hydrogen-bond donors (Lipinski definition) is 2. The predicted octanol–water partition coefficient (Wildman–Crippen LogP) is -0.0661. The Labute approximate surface area is 95.7 Å². The van der Waals surface area contributed by atoms with E-state index in [1.54, 1.807) is 0 Å². The standard InChI is InChI=1S/C10H12N2O5/c13-8-6(9(14)15)5-12(10(16)11-8)7-3-1-2-4-17-7/h5,7H,1-4H2,(H,14,15)(H,11,13,16). The molecule has 2 heterocycles. The van der Waals surface area contributed by atoms with Gasteiger partial charge in [0.1, 0.15) is 11.8 Å². The Morgan fingerprint density at radius 3 is 2.82 bits per heavy atom. The molecule has 1 aromatic heterocycles. The summed E-state index contributed by atoms with van der Waals surface area (Å²) in [7, 11) is 0. The Bertz CT molecular complexity index is 538. The first-order valence-electron chi connectivity index (χ1n) is 5.30. The van der Waals surface area contributed by atoms with Crippen LogP contribution < -0.4 is 11.2 Å². The number of aromatic amines is 1. The third kappa shape index (κ3) is 2.28. The van der Waals surface area contributed by atoms with Gasteiger partial charge < -0.3 is 9.84 Å². The fourth-order valence-electron chi connectivity index (χ4n) is 1.79. The molecule has 2 rings (SSSR count). The lowest BCUT2D eigenvalue weighted by molar-refractivity contribution is -0.0350. The normalized spacial score (nSPS) is 20.1. The fraction of sp³-hybridized carbons (Fsp3) is 0.500. The molecule has 17 heavy (non-hydrogen) atoms. The Kier molecular flexibility index (Phi) is 3.10. The average molecular weight is 240 g/mol. The SMILES string of the molecule is O=C(O)c1cn(C2CCCCO2)c(=O)[nH]c1=O. The number of carboxylic acid groups (broad SMARTS) is 1. The third-order valence-corrected chi connectivity index (χ3v) is 2.66. The number of ether oxygens (including phenoxy) is 1. The van der Waals surface area contributed by atoms with E-state index in [0.29, 0.717) is 13.0 Å². The van der Waals surface area contributed by atoms with Gasteiger partial charge in [-0.3, -0.25) is 14.3 Å². The molecule has 1 aliphatic heterocycles. The van der Waals surface area contributed by atoms with Crippen LogP contribution in [-0.2, 0) is 4.74 Å². The van der Waals surface area contributed by atoms with Crippen molar-refractivity contribution in [3.8, 4) is 0 Å². The maximum Gasteiger partial charge on any atom is 0.342 e. The summed E-state index contributed by atoms with van der Waals surface area (Å²) in [6.45, 7) is 0.526. The molecule has 1 aliphatic rings. The summed E-state index contributed by atoms with van der Waals surface area (Å²) in [5.74, 6) is -1.36. The number of carbonyl (C=O) groups is 1. The van der Waals surface area contributed by atoms with Crippen LogP contribution in [0.2, 0.25) is 0 Å². The number of nitrogens with one attached hydrogen (secondary N) is 1. The van der Waals surface area contributed by atoms with Gasteiger partial charge in [-0.25, -0.2) is 9.59 Å². The number of nitrogens with zero attached hydrogens (tertiary/aromatic N) is 1. The molecule has 0 radical (unpaired) electrons. The Morgan fingerprint density at radius 1 is 1.47 bits per heavy atom. The van der Waals surface area contributed by atoms with E-state index in [1.807, 2.05) is 4.98 Å². The number of hydrogen-bond acceptors (Lipinski definition) is 4. The van der Waals surface area contributed by atoms with E-state index in [2.05, 4.69) is 0 Å². The Hall–Kier alpha value is -1.89. The van der Waals surface area contributed by atoms with Gasteiger partial charge >= 0.3 is 11.7 Å². The molecule has 1 unspecified atom stereocenters. The van der Waals surface area contributed by atoms with Gasteiger partial charge in [-0.05, 0) is 19.3 Å². The van der Waals surface area contributed by atoms with Crippen molar-refractivity contribution in [1.82, 2.24) is 9.55 Å². The van der Waals surface area contributed by atoms with Crippen molar-refractivity contribution in [2.75, 3.05) is 6.61 Å². The van der Waals surface area contributed by atoms with Crippen LogP contribution in [-0.4, -0.2) is 27.2 Å². The summed E-state index contributed by atoms with van der Waals surface area (Å²) in [5, 5.41) is 8.80. The topological polar surface area (TPSA) is 101 Å². The summed E-state index contributed by atoms with van der Waals surface area (Å²) in [5.41, 5.74) is -2.00. The average Bonchev–Trinajstić information content (AvgIpc) is 2.29. The van der Waals surface area contributed by atoms with E-state index in [0.717, 1.165) is 23.6 Å². The molecule has 0 bridgehead atoms. The molecule has 2 N–H and O–H groups in total. The molecular weight excluding hydrogens is 228 g/mol. The number of aromatic nitrogens is 2. The van der Waals surface area contributed by atoms with Crippen LogP contribution >= 0.6 is 0 Å². The Morgan fingerprint density at radius 2 is 2.24 bits per heavy atom. The van der Waals surface area contributed by atoms with Crippen molar-refractivity contribution in [2.24, 2.45) is 0 Å². The van der Waals surface area contributed by atoms with E-state index < -0.39 is 29.0 Å². The molecular formula is C10H12N2O5. The maximum absolute atomic E-state index is 11.5. The largest absolute Gasteiger partial charge is 0.477 e. The van der Waals surface area contributed by atoms with Crippen molar-refractivity contribution >= 4 is 5.97 Å². The highest BCUT2D eigenvalue weighted by Crippen LogP contribution is 2.20. The van der Waals surface area contributed by atoms with Gasteiger partial charge in [0, 0.05) is 12.8 Å². The minimum atomic E-state index is -1.36. The van der Waals surface area contributed by atoms with Gasteiger partial charge in [0.05, 0.1) is 0 Å². The predicted molar refractivity (Wildman–Crippen MR) is 57.1 cm³/mol. The third-order valence-electron chi connectivity index (χ3n) is 2.66. The van der Waals surface area contributed by atoms with Crippen LogP contribution in [0.4, 0.5) is 0 Å². The van der Waals surface area contributed by atoms with Gasteiger partial charge in [0.15, 0.2) is 0 Å². The molecule has 7 nitrogen and oxygen atoms in total. The lowest BCUT2D eigenvalue weighted by Gasteiger charge is -2.24. The van der Waals surface area contributed by atoms with Gasteiger partial charge in [0.2, 0.25) is 0 Å². The molecule has 0 spiro atoms. The molecule has 0 saturated carbocycles. The van der Waals surface area contributed by atoms with Gasteiger partial charge in [0.25, 0.3) is 5.56 Å². The second kappa shape index (κ2) is 4.54. The van der Waals surface area contributed by atoms with Crippen LogP contribution in [0.5, 0.6) is 0 Å². The van der Waals surface area contributed by atoms with Crippen molar-refractivity contribution in [2.45, 2.75) is 25.5 Å². The Balaban J connectivity index is 2.46. The van der Waals surface area contributed by atoms with Crippen molar-refractivity contribution in [3.63, 3.8) is 0 Å². The van der Waals surface area contributed by atoms with Crippen molar-refractivity contribution < 1.29 is 14.6 Å². The number of H-pyrrole nitrogens is 1. The van der Waals surface area contributed by atoms with Gasteiger partial charge in [-0.2, -0.15) is 0 Å². The van der Waals surface area contributed by atoms with E-state index >= 15 is 0 Å². The first-order chi connectivity index (χ1) is 8.09. The number of carboxylic acids is 1. The lowest BCUT2D eigenvalue weighted by Crippen LogP contribution is -2.36. The molecule has 0 aromatic carbocycles. The summed E-state index contributed by atoms with van der Waals surface area (Å²) in [6, 6.07) is 0. The van der Waals surface area contributed by atoms with Crippen LogP contribution in [0.25, 0.3) is 0 Å². The number of aromatic carboxylic acids is 1. The second-order valence-electron chi connectivity index (χ2n) is 3.84.